The van der Waals surface area contributed by atoms with Gasteiger partial charge in [-0.25, -0.2) is 4.98 Å². The normalized spacial score (nSPS) is 10.3. The number of hydrogen-bond acceptors (Lipinski definition) is 4. The van der Waals surface area contributed by atoms with Crippen LogP contribution in [0.4, 0.5) is 11.5 Å². The summed E-state index contributed by atoms with van der Waals surface area (Å²) in [5.74, 6) is 0.742. The molecule has 4 nitrogen and oxygen atoms in total. The quantitative estimate of drug-likeness (QED) is 0.786. The van der Waals surface area contributed by atoms with E-state index < -0.39 is 0 Å². The Morgan fingerprint density at radius 2 is 2.20 bits per heavy atom. The zero-order valence-electron chi connectivity index (χ0n) is 9.20. The number of rotatable bonds is 5. The van der Waals surface area contributed by atoms with Gasteiger partial charge in [-0.3, -0.25) is 0 Å². The molecule has 0 fully saturated rings. The van der Waals surface area contributed by atoms with Gasteiger partial charge in [0.15, 0.2) is 5.82 Å². The lowest BCUT2D eigenvalue weighted by molar-refractivity contribution is 0.724. The van der Waals surface area contributed by atoms with Gasteiger partial charge in [0.25, 0.3) is 0 Å². The van der Waals surface area contributed by atoms with Crippen LogP contribution in [0.2, 0.25) is 5.28 Å². The fourth-order valence-electron chi connectivity index (χ4n) is 1.38. The molecule has 84 valence electrons. The molecular weight excluding hydrogens is 212 g/mol. The van der Waals surface area contributed by atoms with Crippen LogP contribution in [0.15, 0.2) is 6.20 Å². The van der Waals surface area contributed by atoms with E-state index in [0.717, 1.165) is 31.7 Å². The molecule has 0 unspecified atom stereocenters. The van der Waals surface area contributed by atoms with E-state index in [2.05, 4.69) is 28.7 Å². The van der Waals surface area contributed by atoms with Gasteiger partial charge in [-0.2, -0.15) is 4.98 Å². The summed E-state index contributed by atoms with van der Waals surface area (Å²) in [6.45, 7) is 6.05. The fourth-order valence-corrected chi connectivity index (χ4v) is 1.51. The lowest BCUT2D eigenvalue weighted by atomic mass is 10.3. The Morgan fingerprint density at radius 1 is 1.47 bits per heavy atom. The zero-order valence-corrected chi connectivity index (χ0v) is 9.96. The molecule has 0 amide bonds. The summed E-state index contributed by atoms with van der Waals surface area (Å²) >= 11 is 5.75. The molecule has 5 heteroatoms. The van der Waals surface area contributed by atoms with Crippen molar-refractivity contribution in [2.75, 3.05) is 23.7 Å². The lowest BCUT2D eigenvalue weighted by Gasteiger charge is -2.22. The van der Waals surface area contributed by atoms with Gasteiger partial charge in [-0.05, 0) is 24.9 Å². The van der Waals surface area contributed by atoms with Crippen LogP contribution >= 0.6 is 11.6 Å². The van der Waals surface area contributed by atoms with Gasteiger partial charge in [0.1, 0.15) is 0 Å². The van der Waals surface area contributed by atoms with Gasteiger partial charge in [0, 0.05) is 13.1 Å². The number of nitrogens with zero attached hydrogens (tertiary/aromatic N) is 3. The molecule has 0 aliphatic carbocycles. The van der Waals surface area contributed by atoms with Gasteiger partial charge in [0.05, 0.1) is 11.9 Å². The van der Waals surface area contributed by atoms with Crippen LogP contribution in [-0.4, -0.2) is 23.1 Å². The molecule has 0 radical (unpaired) electrons. The topological polar surface area (TPSA) is 55.0 Å². The van der Waals surface area contributed by atoms with E-state index in [-0.39, 0.29) is 5.28 Å². The third-order valence-electron chi connectivity index (χ3n) is 2.23. The van der Waals surface area contributed by atoms with Crippen LogP contribution in [-0.2, 0) is 0 Å². The molecule has 0 aliphatic rings. The Balaban J connectivity index is 2.85. The third kappa shape index (κ3) is 3.23. The minimum absolute atomic E-state index is 0.245. The summed E-state index contributed by atoms with van der Waals surface area (Å²) in [5, 5.41) is 0.245. The highest BCUT2D eigenvalue weighted by Crippen LogP contribution is 2.21. The van der Waals surface area contributed by atoms with E-state index in [9.17, 15) is 0 Å². The van der Waals surface area contributed by atoms with Crippen molar-refractivity contribution in [2.45, 2.75) is 26.7 Å². The largest absolute Gasteiger partial charge is 0.394 e. The highest BCUT2D eigenvalue weighted by Gasteiger charge is 2.10. The van der Waals surface area contributed by atoms with Crippen molar-refractivity contribution in [3.63, 3.8) is 0 Å². The average Bonchev–Trinajstić information content (AvgIpc) is 2.24. The summed E-state index contributed by atoms with van der Waals surface area (Å²) < 4.78 is 0. The van der Waals surface area contributed by atoms with Crippen molar-refractivity contribution in [1.82, 2.24) is 9.97 Å². The molecule has 0 atom stereocenters. The van der Waals surface area contributed by atoms with E-state index >= 15 is 0 Å². The van der Waals surface area contributed by atoms with Gasteiger partial charge in [-0.1, -0.05) is 13.3 Å². The van der Waals surface area contributed by atoms with Crippen molar-refractivity contribution in [1.29, 1.82) is 0 Å². The predicted molar refractivity (Wildman–Crippen MR) is 64.2 cm³/mol. The molecule has 1 aromatic heterocycles. The fraction of sp³-hybridized carbons (Fsp3) is 0.600. The van der Waals surface area contributed by atoms with Gasteiger partial charge >= 0.3 is 0 Å². The summed E-state index contributed by atoms with van der Waals surface area (Å²) in [4.78, 5) is 10.1. The second kappa shape index (κ2) is 5.75. The Bertz CT molecular complexity index is 316. The molecule has 0 aromatic carbocycles. The molecule has 2 N–H and O–H groups in total. The van der Waals surface area contributed by atoms with E-state index in [4.69, 9.17) is 17.3 Å². The number of halogens is 1. The van der Waals surface area contributed by atoms with Gasteiger partial charge < -0.3 is 10.6 Å². The maximum atomic E-state index is 5.81. The molecule has 15 heavy (non-hydrogen) atoms. The first-order valence-corrected chi connectivity index (χ1v) is 5.59. The third-order valence-corrected chi connectivity index (χ3v) is 2.41. The van der Waals surface area contributed by atoms with Crippen molar-refractivity contribution < 1.29 is 0 Å². The number of aromatic nitrogens is 2. The molecule has 0 bridgehead atoms. The van der Waals surface area contributed by atoms with E-state index in [0.29, 0.717) is 5.69 Å². The summed E-state index contributed by atoms with van der Waals surface area (Å²) in [5.41, 5.74) is 6.39. The highest BCUT2D eigenvalue weighted by atomic mass is 35.5. The number of nitrogen functional groups attached to an aromatic ring is 1. The number of anilines is 2. The average molecular weight is 229 g/mol. The van der Waals surface area contributed by atoms with Crippen molar-refractivity contribution in [3.05, 3.63) is 11.5 Å². The number of unbranched alkanes of at least 4 members (excludes halogenated alkanes) is 1. The van der Waals surface area contributed by atoms with E-state index in [1.54, 1.807) is 6.20 Å². The maximum absolute atomic E-state index is 5.81. The molecule has 0 saturated carbocycles. The molecule has 0 aliphatic heterocycles. The minimum Gasteiger partial charge on any atom is -0.394 e. The predicted octanol–water partition coefficient (Wildman–Crippen LogP) is 2.34. The van der Waals surface area contributed by atoms with Gasteiger partial charge in [-0.15, -0.1) is 0 Å². The monoisotopic (exact) mass is 228 g/mol. The zero-order chi connectivity index (χ0) is 11.3. The molecule has 0 saturated heterocycles. The van der Waals surface area contributed by atoms with Crippen molar-refractivity contribution >= 4 is 23.1 Å². The lowest BCUT2D eigenvalue weighted by Crippen LogP contribution is -2.26. The standard InChI is InChI=1S/C10H17ClN4/c1-3-5-6-15(4-2)9-8(12)7-13-10(11)14-9/h7H,3-6,12H2,1-2H3. The Labute approximate surface area is 95.5 Å². The Kier molecular flexibility index (Phi) is 4.62. The van der Waals surface area contributed by atoms with Crippen LogP contribution in [0.25, 0.3) is 0 Å². The Morgan fingerprint density at radius 3 is 2.80 bits per heavy atom. The van der Waals surface area contributed by atoms with E-state index in [1.807, 2.05) is 0 Å². The molecular formula is C10H17ClN4. The van der Waals surface area contributed by atoms with Crippen LogP contribution < -0.4 is 10.6 Å². The van der Waals surface area contributed by atoms with Crippen molar-refractivity contribution in [2.24, 2.45) is 0 Å². The van der Waals surface area contributed by atoms with Crippen molar-refractivity contribution in [3.8, 4) is 0 Å². The Hall–Kier alpha value is -1.03. The van der Waals surface area contributed by atoms with Gasteiger partial charge in [0.2, 0.25) is 5.28 Å². The molecule has 1 aromatic rings. The minimum atomic E-state index is 0.245. The first-order chi connectivity index (χ1) is 7.19. The summed E-state index contributed by atoms with van der Waals surface area (Å²) in [7, 11) is 0. The van der Waals surface area contributed by atoms with Crippen LogP contribution in [0, 0.1) is 0 Å². The van der Waals surface area contributed by atoms with E-state index in [1.165, 1.54) is 0 Å². The SMILES string of the molecule is CCCCN(CC)c1nc(Cl)ncc1N. The second-order valence-electron chi connectivity index (χ2n) is 3.35. The number of nitrogens with two attached hydrogens (primary N) is 1. The molecule has 0 spiro atoms. The summed E-state index contributed by atoms with van der Waals surface area (Å²) in [6, 6.07) is 0. The molecule has 1 heterocycles. The first-order valence-electron chi connectivity index (χ1n) is 5.22. The smallest absolute Gasteiger partial charge is 0.224 e. The molecule has 1 rings (SSSR count). The summed E-state index contributed by atoms with van der Waals surface area (Å²) in [6.07, 6.45) is 3.82. The highest BCUT2D eigenvalue weighted by molar-refractivity contribution is 6.28. The van der Waals surface area contributed by atoms with Crippen LogP contribution in [0.3, 0.4) is 0 Å². The second-order valence-corrected chi connectivity index (χ2v) is 3.69. The van der Waals surface area contributed by atoms with Crippen LogP contribution in [0.5, 0.6) is 0 Å². The maximum Gasteiger partial charge on any atom is 0.224 e. The van der Waals surface area contributed by atoms with Crippen LogP contribution in [0.1, 0.15) is 26.7 Å². The number of hydrogen-bond donors (Lipinski definition) is 1. The first kappa shape index (κ1) is 12.0.